The molecule has 17 nitrogen and oxygen atoms in total. The average Bonchev–Trinajstić information content (AvgIpc) is 1.78. The summed E-state index contributed by atoms with van der Waals surface area (Å²) in [5, 5.41) is 10.6. The van der Waals surface area contributed by atoms with Gasteiger partial charge in [0.05, 0.1) is 26.4 Å². The van der Waals surface area contributed by atoms with Crippen molar-refractivity contribution in [2.45, 2.75) is 413 Å². The van der Waals surface area contributed by atoms with Crippen LogP contribution in [0.15, 0.2) is 0 Å². The summed E-state index contributed by atoms with van der Waals surface area (Å²) in [6, 6.07) is 0. The van der Waals surface area contributed by atoms with Gasteiger partial charge in [-0.25, -0.2) is 9.13 Å². The van der Waals surface area contributed by atoms with Crippen LogP contribution in [0.25, 0.3) is 0 Å². The zero-order valence-corrected chi connectivity index (χ0v) is 63.8. The molecule has 0 saturated carbocycles. The number of esters is 4. The Morgan fingerprint density at radius 3 is 0.716 bits per heavy atom. The molecule has 0 aliphatic heterocycles. The molecule has 5 atom stereocenters. The molecule has 2 unspecified atom stereocenters. The maximum Gasteiger partial charge on any atom is 0.472 e. The molecule has 0 aliphatic carbocycles. The van der Waals surface area contributed by atoms with E-state index in [0.29, 0.717) is 25.7 Å². The molecule has 0 rings (SSSR count). The van der Waals surface area contributed by atoms with Gasteiger partial charge in [0.15, 0.2) is 12.2 Å². The minimum Gasteiger partial charge on any atom is -0.462 e. The highest BCUT2D eigenvalue weighted by Crippen LogP contribution is 2.45. The molecule has 0 spiro atoms. The molecule has 0 radical (unpaired) electrons. The second-order valence-corrected chi connectivity index (χ2v) is 31.3. The van der Waals surface area contributed by atoms with Crippen LogP contribution in [-0.4, -0.2) is 96.7 Å². The number of hydrogen-bond acceptors (Lipinski definition) is 15. The van der Waals surface area contributed by atoms with Crippen molar-refractivity contribution in [1.82, 2.24) is 0 Å². The first kappa shape index (κ1) is 93.1. The Kier molecular flexibility index (Phi) is 66.5. The standard InChI is InChI=1S/C76H148O17P2/c1-7-9-11-13-15-17-19-20-21-22-23-24-25-26-27-29-35-42-48-54-60-75(80)92-71(65-87-74(79)59-53-47-41-36-30-32-38-44-50-56-68(3)4)66-90-94(82,83)88-62-70(77)63-89-95(84,85)91-67-72(64-86-73(78)58-52-46-40-34-28-18-16-14-12-10-8-2)93-76(81)61-55-49-43-37-31-33-39-45-51-57-69(5)6/h68-72,77H,7-67H2,1-6H3,(H,82,83)(H,84,85)/t70-,71-,72-/m1/s1. The quantitative estimate of drug-likeness (QED) is 0.0222. The fourth-order valence-corrected chi connectivity index (χ4v) is 13.2. The van der Waals surface area contributed by atoms with E-state index in [9.17, 15) is 43.2 Å². The maximum atomic E-state index is 13.1. The minimum absolute atomic E-state index is 0.106. The molecule has 0 amide bonds. The van der Waals surface area contributed by atoms with Crippen LogP contribution in [0, 0.1) is 11.8 Å². The number of ether oxygens (including phenoxy) is 4. The number of phosphoric acid groups is 2. The second kappa shape index (κ2) is 67.9. The molecule has 0 fully saturated rings. The first-order chi connectivity index (χ1) is 45.9. The third-order valence-corrected chi connectivity index (χ3v) is 19.6. The van der Waals surface area contributed by atoms with E-state index in [4.69, 9.17) is 37.0 Å². The van der Waals surface area contributed by atoms with Gasteiger partial charge in [0.1, 0.15) is 19.3 Å². The van der Waals surface area contributed by atoms with Gasteiger partial charge < -0.3 is 33.8 Å². The molecule has 0 aromatic rings. The fraction of sp³-hybridized carbons (Fsp3) is 0.947. The third-order valence-electron chi connectivity index (χ3n) is 17.7. The molecule has 0 aromatic carbocycles. The number of carbonyl (C=O) groups excluding carboxylic acids is 4. The van der Waals surface area contributed by atoms with Crippen LogP contribution in [0.3, 0.4) is 0 Å². The molecule has 0 aliphatic rings. The van der Waals surface area contributed by atoms with Crippen molar-refractivity contribution in [3.05, 3.63) is 0 Å². The van der Waals surface area contributed by atoms with Gasteiger partial charge in [-0.2, -0.15) is 0 Å². The highest BCUT2D eigenvalue weighted by molar-refractivity contribution is 7.47. The van der Waals surface area contributed by atoms with Gasteiger partial charge in [-0.1, -0.05) is 343 Å². The van der Waals surface area contributed by atoms with Gasteiger partial charge in [0, 0.05) is 25.7 Å². The number of unbranched alkanes of at least 4 members (excludes halogenated alkanes) is 45. The van der Waals surface area contributed by atoms with Crippen LogP contribution < -0.4 is 0 Å². The highest BCUT2D eigenvalue weighted by atomic mass is 31.2. The van der Waals surface area contributed by atoms with Gasteiger partial charge in [0.25, 0.3) is 0 Å². The third kappa shape index (κ3) is 70.3. The minimum atomic E-state index is -4.96. The Labute approximate surface area is 581 Å². The number of aliphatic hydroxyl groups is 1. The van der Waals surface area contributed by atoms with E-state index in [1.54, 1.807) is 0 Å². The zero-order chi connectivity index (χ0) is 70.0. The fourth-order valence-electron chi connectivity index (χ4n) is 11.7. The van der Waals surface area contributed by atoms with Crippen molar-refractivity contribution >= 4 is 39.5 Å². The van der Waals surface area contributed by atoms with Crippen molar-refractivity contribution in [2.24, 2.45) is 11.8 Å². The molecule has 564 valence electrons. The number of hydrogen-bond donors (Lipinski definition) is 3. The topological polar surface area (TPSA) is 237 Å². The summed E-state index contributed by atoms with van der Waals surface area (Å²) < 4.78 is 68.5. The van der Waals surface area contributed by atoms with Gasteiger partial charge >= 0.3 is 39.5 Å². The van der Waals surface area contributed by atoms with Gasteiger partial charge in [-0.05, 0) is 37.5 Å². The van der Waals surface area contributed by atoms with Crippen LogP contribution in [0.1, 0.15) is 395 Å². The predicted molar refractivity (Wildman–Crippen MR) is 386 cm³/mol. The Morgan fingerprint density at radius 2 is 0.484 bits per heavy atom. The first-order valence-electron chi connectivity index (χ1n) is 39.5. The van der Waals surface area contributed by atoms with Crippen LogP contribution in [-0.2, 0) is 65.4 Å². The smallest absolute Gasteiger partial charge is 0.462 e. The lowest BCUT2D eigenvalue weighted by molar-refractivity contribution is -0.161. The summed E-state index contributed by atoms with van der Waals surface area (Å²) in [5.41, 5.74) is 0. The summed E-state index contributed by atoms with van der Waals surface area (Å²) in [7, 11) is -9.91. The molecule has 0 aromatic heterocycles. The van der Waals surface area contributed by atoms with Crippen molar-refractivity contribution in [3.8, 4) is 0 Å². The normalized spacial score (nSPS) is 14.0. The first-order valence-corrected chi connectivity index (χ1v) is 42.5. The lowest BCUT2D eigenvalue weighted by Gasteiger charge is -2.21. The van der Waals surface area contributed by atoms with E-state index in [1.165, 1.54) is 212 Å². The average molecular weight is 1400 g/mol. The SMILES string of the molecule is CCCCCCCCCCCCCCCCCCCCCCC(=O)O[C@H](COC(=O)CCCCCCCCCCCC(C)C)COP(=O)(O)OC[C@@H](O)COP(=O)(O)OC[C@@H](COC(=O)CCCCCCCCCCCCC)OC(=O)CCCCCCCCCCCC(C)C. The van der Waals surface area contributed by atoms with E-state index in [1.807, 2.05) is 0 Å². The summed E-state index contributed by atoms with van der Waals surface area (Å²) >= 11 is 0. The Bertz CT molecular complexity index is 1840. The van der Waals surface area contributed by atoms with Crippen LogP contribution in [0.5, 0.6) is 0 Å². The zero-order valence-electron chi connectivity index (χ0n) is 62.0. The van der Waals surface area contributed by atoms with Crippen molar-refractivity contribution < 1.29 is 80.2 Å². The van der Waals surface area contributed by atoms with Gasteiger partial charge in [-0.3, -0.25) is 37.3 Å². The molecule has 95 heavy (non-hydrogen) atoms. The van der Waals surface area contributed by atoms with Crippen LogP contribution in [0.4, 0.5) is 0 Å². The number of phosphoric ester groups is 2. The lowest BCUT2D eigenvalue weighted by atomic mass is 10.0. The largest absolute Gasteiger partial charge is 0.472 e. The molecule has 0 heterocycles. The molecule has 19 heteroatoms. The highest BCUT2D eigenvalue weighted by Gasteiger charge is 2.30. The summed E-state index contributed by atoms with van der Waals surface area (Å²) in [4.78, 5) is 72.8. The molecule has 3 N–H and O–H groups in total. The van der Waals surface area contributed by atoms with Gasteiger partial charge in [-0.15, -0.1) is 0 Å². The number of aliphatic hydroxyl groups excluding tert-OH is 1. The molecular weight excluding hydrogens is 1250 g/mol. The van der Waals surface area contributed by atoms with E-state index in [0.717, 1.165) is 102 Å². The summed E-state index contributed by atoms with van der Waals surface area (Å²) in [6.07, 6.45) is 55.6. The molecule has 0 saturated heterocycles. The summed E-state index contributed by atoms with van der Waals surface area (Å²) in [5.74, 6) is -0.637. The molecule has 0 bridgehead atoms. The van der Waals surface area contributed by atoms with Crippen molar-refractivity contribution in [1.29, 1.82) is 0 Å². The van der Waals surface area contributed by atoms with E-state index in [-0.39, 0.29) is 25.7 Å². The van der Waals surface area contributed by atoms with E-state index < -0.39 is 97.5 Å². The number of carbonyl (C=O) groups is 4. The monoisotopic (exact) mass is 1400 g/mol. The number of rotatable bonds is 75. The summed E-state index contributed by atoms with van der Waals surface area (Å²) in [6.45, 7) is 9.55. The van der Waals surface area contributed by atoms with Crippen LogP contribution in [0.2, 0.25) is 0 Å². The second-order valence-electron chi connectivity index (χ2n) is 28.3. The maximum absolute atomic E-state index is 13.1. The van der Waals surface area contributed by atoms with Gasteiger partial charge in [0.2, 0.25) is 0 Å². The predicted octanol–water partition coefficient (Wildman–Crippen LogP) is 22.3. The Balaban J connectivity index is 5.21. The van der Waals surface area contributed by atoms with Crippen LogP contribution >= 0.6 is 15.6 Å². The Morgan fingerprint density at radius 1 is 0.284 bits per heavy atom. The van der Waals surface area contributed by atoms with E-state index in [2.05, 4.69) is 41.5 Å². The molecular formula is C76H148O17P2. The lowest BCUT2D eigenvalue weighted by Crippen LogP contribution is -2.30. The van der Waals surface area contributed by atoms with Crippen molar-refractivity contribution in [3.63, 3.8) is 0 Å². The van der Waals surface area contributed by atoms with E-state index >= 15 is 0 Å². The Hall–Kier alpha value is -1.94. The van der Waals surface area contributed by atoms with Crippen molar-refractivity contribution in [2.75, 3.05) is 39.6 Å².